The van der Waals surface area contributed by atoms with Crippen LogP contribution in [-0.4, -0.2) is 65.7 Å². The second-order valence-electron chi connectivity index (χ2n) is 6.02. The number of nitrogens with zero attached hydrogens (tertiary/aromatic N) is 2. The molecule has 114 valence electrons. The molecule has 20 heavy (non-hydrogen) atoms. The monoisotopic (exact) mass is 283 g/mol. The van der Waals surface area contributed by atoms with E-state index in [0.29, 0.717) is 12.6 Å². The highest BCUT2D eigenvalue weighted by atomic mass is 16.4. The number of aliphatic carboxylic acids is 1. The van der Waals surface area contributed by atoms with Crippen LogP contribution in [-0.2, 0) is 4.79 Å². The summed E-state index contributed by atoms with van der Waals surface area (Å²) in [5.74, 6) is -0.851. The molecular formula is C14H25N3O3. The first-order chi connectivity index (χ1) is 9.56. The van der Waals surface area contributed by atoms with Crippen molar-refractivity contribution < 1.29 is 14.7 Å². The number of hydrogen-bond donors (Lipinski definition) is 2. The van der Waals surface area contributed by atoms with E-state index in [-0.39, 0.29) is 18.4 Å². The summed E-state index contributed by atoms with van der Waals surface area (Å²) in [5.41, 5.74) is 0. The zero-order chi connectivity index (χ0) is 14.5. The quantitative estimate of drug-likeness (QED) is 0.789. The Balaban J connectivity index is 1.69. The molecule has 2 N–H and O–H groups in total. The summed E-state index contributed by atoms with van der Waals surface area (Å²) >= 11 is 0. The molecule has 2 amide bonds. The van der Waals surface area contributed by atoms with Gasteiger partial charge in [0.25, 0.3) is 0 Å². The standard InChI is InChI=1S/C14H25N3O3/c1-11(8-13(18)19)9-15-14(20)17-7-4-12(10-17)16-5-2-3-6-16/h11-12H,2-10H2,1H3,(H,15,20)(H,18,19). The lowest BCUT2D eigenvalue weighted by Gasteiger charge is -2.24. The molecule has 2 fully saturated rings. The molecule has 0 aromatic carbocycles. The fourth-order valence-corrected chi connectivity index (χ4v) is 3.07. The van der Waals surface area contributed by atoms with Gasteiger partial charge < -0.3 is 15.3 Å². The van der Waals surface area contributed by atoms with E-state index in [4.69, 9.17) is 5.11 Å². The van der Waals surface area contributed by atoms with Crippen LogP contribution < -0.4 is 5.32 Å². The van der Waals surface area contributed by atoms with Crippen LogP contribution in [0.2, 0.25) is 0 Å². The van der Waals surface area contributed by atoms with Gasteiger partial charge in [-0.05, 0) is 38.3 Å². The maximum atomic E-state index is 12.0. The van der Waals surface area contributed by atoms with Gasteiger partial charge >= 0.3 is 12.0 Å². The van der Waals surface area contributed by atoms with E-state index in [0.717, 1.165) is 32.6 Å². The van der Waals surface area contributed by atoms with Crippen LogP contribution in [0.3, 0.4) is 0 Å². The van der Waals surface area contributed by atoms with Gasteiger partial charge in [0.2, 0.25) is 0 Å². The fraction of sp³-hybridized carbons (Fsp3) is 0.857. The largest absolute Gasteiger partial charge is 0.481 e. The maximum absolute atomic E-state index is 12.0. The topological polar surface area (TPSA) is 72.9 Å². The highest BCUT2D eigenvalue weighted by Gasteiger charge is 2.31. The zero-order valence-electron chi connectivity index (χ0n) is 12.2. The van der Waals surface area contributed by atoms with Crippen molar-refractivity contribution in [2.24, 2.45) is 5.92 Å². The molecule has 0 radical (unpaired) electrons. The number of amides is 2. The molecule has 0 spiro atoms. The van der Waals surface area contributed by atoms with Crippen molar-refractivity contribution in [1.82, 2.24) is 15.1 Å². The fourth-order valence-electron chi connectivity index (χ4n) is 3.07. The molecule has 2 rings (SSSR count). The number of carbonyl (C=O) groups excluding carboxylic acids is 1. The van der Waals surface area contributed by atoms with E-state index in [1.54, 1.807) is 0 Å². The molecule has 0 aromatic rings. The number of rotatable bonds is 5. The average molecular weight is 283 g/mol. The van der Waals surface area contributed by atoms with Crippen LogP contribution in [0.1, 0.15) is 32.6 Å². The van der Waals surface area contributed by atoms with Crippen molar-refractivity contribution in [2.75, 3.05) is 32.7 Å². The summed E-state index contributed by atoms with van der Waals surface area (Å²) in [5, 5.41) is 11.5. The molecule has 2 aliphatic rings. The molecular weight excluding hydrogens is 258 g/mol. The van der Waals surface area contributed by atoms with Crippen LogP contribution >= 0.6 is 0 Å². The van der Waals surface area contributed by atoms with Crippen molar-refractivity contribution in [1.29, 1.82) is 0 Å². The van der Waals surface area contributed by atoms with Crippen LogP contribution in [0.25, 0.3) is 0 Å². The summed E-state index contributed by atoms with van der Waals surface area (Å²) in [6.45, 7) is 6.20. The Morgan fingerprint density at radius 3 is 2.65 bits per heavy atom. The summed E-state index contributed by atoms with van der Waals surface area (Å²) in [4.78, 5) is 27.0. The molecule has 6 heteroatoms. The minimum atomic E-state index is -0.818. The molecule has 6 nitrogen and oxygen atoms in total. The number of likely N-dealkylation sites (tertiary alicyclic amines) is 2. The molecule has 2 heterocycles. The van der Waals surface area contributed by atoms with E-state index in [9.17, 15) is 9.59 Å². The van der Waals surface area contributed by atoms with Crippen molar-refractivity contribution in [3.63, 3.8) is 0 Å². The maximum Gasteiger partial charge on any atom is 0.317 e. The molecule has 0 saturated carbocycles. The molecule has 2 aliphatic heterocycles. The first-order valence-electron chi connectivity index (χ1n) is 7.55. The lowest BCUT2D eigenvalue weighted by Crippen LogP contribution is -2.42. The summed E-state index contributed by atoms with van der Waals surface area (Å²) in [6.07, 6.45) is 3.69. The first kappa shape index (κ1) is 15.1. The Kier molecular flexibility index (Phi) is 5.23. The second kappa shape index (κ2) is 6.92. The first-order valence-corrected chi connectivity index (χ1v) is 7.55. The number of carboxylic acid groups (broad SMARTS) is 1. The van der Waals surface area contributed by atoms with E-state index < -0.39 is 5.97 Å². The Morgan fingerprint density at radius 1 is 1.30 bits per heavy atom. The Bertz CT molecular complexity index is 356. The van der Waals surface area contributed by atoms with Gasteiger partial charge in [-0.2, -0.15) is 0 Å². The third-order valence-electron chi connectivity index (χ3n) is 4.23. The predicted octanol–water partition coefficient (Wildman–Crippen LogP) is 0.977. The normalized spacial score (nSPS) is 24.9. The molecule has 0 aromatic heterocycles. The highest BCUT2D eigenvalue weighted by Crippen LogP contribution is 2.20. The highest BCUT2D eigenvalue weighted by molar-refractivity contribution is 5.74. The third-order valence-corrected chi connectivity index (χ3v) is 4.23. The third kappa shape index (κ3) is 4.10. The van der Waals surface area contributed by atoms with Crippen molar-refractivity contribution >= 4 is 12.0 Å². The summed E-state index contributed by atoms with van der Waals surface area (Å²) < 4.78 is 0. The lowest BCUT2D eigenvalue weighted by atomic mass is 10.1. The van der Waals surface area contributed by atoms with Gasteiger partial charge in [0.1, 0.15) is 0 Å². The predicted molar refractivity (Wildman–Crippen MR) is 75.6 cm³/mol. The number of hydrogen-bond acceptors (Lipinski definition) is 3. The number of carboxylic acids is 1. The van der Waals surface area contributed by atoms with Crippen LogP contribution in [0.4, 0.5) is 4.79 Å². The summed E-state index contributed by atoms with van der Waals surface area (Å²) in [7, 11) is 0. The molecule has 0 bridgehead atoms. The average Bonchev–Trinajstić information content (AvgIpc) is 3.04. The van der Waals surface area contributed by atoms with Crippen LogP contribution in [0.15, 0.2) is 0 Å². The summed E-state index contributed by atoms with van der Waals surface area (Å²) in [6, 6.07) is 0.462. The van der Waals surface area contributed by atoms with Crippen molar-refractivity contribution in [3.05, 3.63) is 0 Å². The van der Waals surface area contributed by atoms with Gasteiger partial charge in [-0.1, -0.05) is 6.92 Å². The zero-order valence-corrected chi connectivity index (χ0v) is 12.2. The number of carbonyl (C=O) groups is 2. The van der Waals surface area contributed by atoms with Crippen LogP contribution in [0.5, 0.6) is 0 Å². The van der Waals surface area contributed by atoms with E-state index in [1.165, 1.54) is 12.8 Å². The van der Waals surface area contributed by atoms with E-state index in [2.05, 4.69) is 10.2 Å². The smallest absolute Gasteiger partial charge is 0.317 e. The molecule has 2 saturated heterocycles. The van der Waals surface area contributed by atoms with E-state index >= 15 is 0 Å². The van der Waals surface area contributed by atoms with Gasteiger partial charge in [0, 0.05) is 32.1 Å². The Morgan fingerprint density at radius 2 is 2.00 bits per heavy atom. The Labute approximate surface area is 120 Å². The van der Waals surface area contributed by atoms with Crippen molar-refractivity contribution in [3.8, 4) is 0 Å². The molecule has 2 atom stereocenters. The minimum Gasteiger partial charge on any atom is -0.481 e. The van der Waals surface area contributed by atoms with Gasteiger partial charge in [-0.3, -0.25) is 9.69 Å². The van der Waals surface area contributed by atoms with Crippen molar-refractivity contribution in [2.45, 2.75) is 38.6 Å². The lowest BCUT2D eigenvalue weighted by molar-refractivity contribution is -0.137. The SMILES string of the molecule is CC(CNC(=O)N1CCC(N2CCCC2)C1)CC(=O)O. The van der Waals surface area contributed by atoms with Crippen LogP contribution in [0, 0.1) is 5.92 Å². The molecule has 0 aliphatic carbocycles. The van der Waals surface area contributed by atoms with Gasteiger partial charge in [0.05, 0.1) is 0 Å². The van der Waals surface area contributed by atoms with Gasteiger partial charge in [-0.15, -0.1) is 0 Å². The number of urea groups is 1. The minimum absolute atomic E-state index is 0.0339. The molecule has 2 unspecified atom stereocenters. The second-order valence-corrected chi connectivity index (χ2v) is 6.02. The van der Waals surface area contributed by atoms with Gasteiger partial charge in [-0.25, -0.2) is 4.79 Å². The number of nitrogens with one attached hydrogen (secondary N) is 1. The van der Waals surface area contributed by atoms with Gasteiger partial charge in [0.15, 0.2) is 0 Å². The Hall–Kier alpha value is -1.30. The van der Waals surface area contributed by atoms with E-state index in [1.807, 2.05) is 11.8 Å².